The van der Waals surface area contributed by atoms with Crippen molar-refractivity contribution in [3.8, 4) is 0 Å². The van der Waals surface area contributed by atoms with E-state index in [1.54, 1.807) is 11.0 Å². The number of halogens is 2. The molecule has 3 rings (SSSR count). The Bertz CT molecular complexity index is 666. The highest BCUT2D eigenvalue weighted by atomic mass is 35.5. The minimum absolute atomic E-state index is 0. The van der Waals surface area contributed by atoms with Crippen molar-refractivity contribution >= 4 is 29.9 Å². The molecule has 25 heavy (non-hydrogen) atoms. The zero-order chi connectivity index (χ0) is 17.3. The van der Waals surface area contributed by atoms with Crippen molar-refractivity contribution in [1.29, 1.82) is 0 Å². The van der Waals surface area contributed by atoms with Crippen LogP contribution in [0.25, 0.3) is 0 Å². The molecule has 2 N–H and O–H groups in total. The highest BCUT2D eigenvalue weighted by Crippen LogP contribution is 2.26. The normalized spacial score (nSPS) is 19.4. The Morgan fingerprint density at radius 3 is 2.84 bits per heavy atom. The fourth-order valence-corrected chi connectivity index (χ4v) is 3.48. The van der Waals surface area contributed by atoms with Crippen molar-refractivity contribution in [3.63, 3.8) is 0 Å². The van der Waals surface area contributed by atoms with E-state index in [1.807, 2.05) is 19.9 Å². The standard InChI is InChI=1S/C18H24FN3O2.ClH/c1-11(2)18(24)22-9-3-4-15(22)17(23)21-14-6-5-12-10-20-8-7-13(12)16(14)19;/h5-6,11,15,20H,3-4,7-10H2,1-2H3,(H,21,23);1H. The molecular weight excluding hydrogens is 345 g/mol. The zero-order valence-corrected chi connectivity index (χ0v) is 15.4. The Morgan fingerprint density at radius 1 is 1.36 bits per heavy atom. The van der Waals surface area contributed by atoms with Crippen LogP contribution < -0.4 is 10.6 Å². The monoisotopic (exact) mass is 369 g/mol. The van der Waals surface area contributed by atoms with Gasteiger partial charge in [0.05, 0.1) is 5.69 Å². The number of nitrogens with zero attached hydrogens (tertiary/aromatic N) is 1. The third-order valence-electron chi connectivity index (χ3n) is 4.80. The molecule has 2 aliphatic heterocycles. The number of fused-ring (bicyclic) bond motifs is 1. The molecule has 2 aliphatic rings. The molecule has 0 bridgehead atoms. The number of carbonyl (C=O) groups excluding carboxylic acids is 2. The average Bonchev–Trinajstić information content (AvgIpc) is 3.06. The highest BCUT2D eigenvalue weighted by molar-refractivity contribution is 5.98. The van der Waals surface area contributed by atoms with Gasteiger partial charge in [-0.1, -0.05) is 19.9 Å². The molecule has 0 saturated carbocycles. The molecule has 1 atom stereocenters. The van der Waals surface area contributed by atoms with Gasteiger partial charge < -0.3 is 15.5 Å². The summed E-state index contributed by atoms with van der Waals surface area (Å²) in [5.41, 5.74) is 1.83. The number of rotatable bonds is 3. The van der Waals surface area contributed by atoms with E-state index in [-0.39, 0.29) is 41.6 Å². The number of likely N-dealkylation sites (tertiary alicyclic amines) is 1. The number of anilines is 1. The largest absolute Gasteiger partial charge is 0.330 e. The summed E-state index contributed by atoms with van der Waals surface area (Å²) in [6, 6.07) is 2.96. The second kappa shape index (κ2) is 8.15. The number of benzene rings is 1. The molecule has 0 spiro atoms. The fourth-order valence-electron chi connectivity index (χ4n) is 3.48. The van der Waals surface area contributed by atoms with Gasteiger partial charge >= 0.3 is 0 Å². The number of hydrogen-bond acceptors (Lipinski definition) is 3. The first-order valence-electron chi connectivity index (χ1n) is 8.61. The summed E-state index contributed by atoms with van der Waals surface area (Å²) in [5.74, 6) is -0.813. The first-order chi connectivity index (χ1) is 11.5. The third-order valence-corrected chi connectivity index (χ3v) is 4.80. The minimum Gasteiger partial charge on any atom is -0.330 e. The van der Waals surface area contributed by atoms with Crippen molar-refractivity contribution in [2.24, 2.45) is 5.92 Å². The quantitative estimate of drug-likeness (QED) is 0.860. The third kappa shape index (κ3) is 3.96. The minimum atomic E-state index is -0.503. The van der Waals surface area contributed by atoms with Crippen LogP contribution in [0.4, 0.5) is 10.1 Å². The van der Waals surface area contributed by atoms with E-state index in [9.17, 15) is 14.0 Å². The van der Waals surface area contributed by atoms with Gasteiger partial charge in [-0.15, -0.1) is 12.4 Å². The second-order valence-electron chi connectivity index (χ2n) is 6.83. The van der Waals surface area contributed by atoms with E-state index in [0.717, 1.165) is 18.5 Å². The van der Waals surface area contributed by atoms with Crippen LogP contribution >= 0.6 is 12.4 Å². The molecule has 0 aromatic heterocycles. The molecule has 1 aromatic carbocycles. The van der Waals surface area contributed by atoms with Gasteiger partial charge in [0, 0.05) is 19.0 Å². The van der Waals surface area contributed by atoms with Gasteiger partial charge in [0.25, 0.3) is 0 Å². The Labute approximate surface area is 153 Å². The lowest BCUT2D eigenvalue weighted by Gasteiger charge is -2.26. The predicted molar refractivity (Wildman–Crippen MR) is 97.3 cm³/mol. The molecule has 0 aliphatic carbocycles. The van der Waals surface area contributed by atoms with E-state index in [4.69, 9.17) is 0 Å². The molecule has 1 aromatic rings. The Balaban J connectivity index is 0.00000225. The molecule has 7 heteroatoms. The van der Waals surface area contributed by atoms with Crippen molar-refractivity contribution in [2.75, 3.05) is 18.4 Å². The number of hydrogen-bond donors (Lipinski definition) is 2. The maximum Gasteiger partial charge on any atom is 0.247 e. The van der Waals surface area contributed by atoms with Gasteiger partial charge in [0.1, 0.15) is 11.9 Å². The topological polar surface area (TPSA) is 61.4 Å². The van der Waals surface area contributed by atoms with Crippen molar-refractivity contribution in [2.45, 2.75) is 45.7 Å². The summed E-state index contributed by atoms with van der Waals surface area (Å²) in [5, 5.41) is 5.90. The van der Waals surface area contributed by atoms with E-state index in [0.29, 0.717) is 31.5 Å². The maximum absolute atomic E-state index is 14.7. The first-order valence-corrected chi connectivity index (χ1v) is 8.61. The van der Waals surface area contributed by atoms with Gasteiger partial charge in [-0.2, -0.15) is 0 Å². The predicted octanol–water partition coefficient (Wildman–Crippen LogP) is 2.48. The van der Waals surface area contributed by atoms with Crippen LogP contribution in [0.15, 0.2) is 12.1 Å². The summed E-state index contributed by atoms with van der Waals surface area (Å²) in [4.78, 5) is 26.4. The molecule has 2 amide bonds. The number of amides is 2. The maximum atomic E-state index is 14.7. The van der Waals surface area contributed by atoms with Crippen molar-refractivity contribution in [3.05, 3.63) is 29.1 Å². The smallest absolute Gasteiger partial charge is 0.247 e. The van der Waals surface area contributed by atoms with Crippen molar-refractivity contribution in [1.82, 2.24) is 10.2 Å². The molecular formula is C18H25ClFN3O2. The molecule has 138 valence electrons. The second-order valence-corrected chi connectivity index (χ2v) is 6.83. The SMILES string of the molecule is CC(C)C(=O)N1CCCC1C(=O)Nc1ccc2c(c1F)CCNC2.Cl. The summed E-state index contributed by atoms with van der Waals surface area (Å²) in [7, 11) is 0. The Morgan fingerprint density at radius 2 is 2.12 bits per heavy atom. The van der Waals surface area contributed by atoms with Crippen LogP contribution in [0, 0.1) is 11.7 Å². The van der Waals surface area contributed by atoms with Gasteiger partial charge in [0.15, 0.2) is 0 Å². The van der Waals surface area contributed by atoms with Gasteiger partial charge in [-0.05, 0) is 43.0 Å². The average molecular weight is 370 g/mol. The van der Waals surface area contributed by atoms with Crippen LogP contribution in [0.5, 0.6) is 0 Å². The highest BCUT2D eigenvalue weighted by Gasteiger charge is 2.35. The summed E-state index contributed by atoms with van der Waals surface area (Å²) < 4.78 is 14.7. The summed E-state index contributed by atoms with van der Waals surface area (Å²) >= 11 is 0. The summed E-state index contributed by atoms with van der Waals surface area (Å²) in [6.45, 7) is 5.63. The lowest BCUT2D eigenvalue weighted by Crippen LogP contribution is -2.44. The van der Waals surface area contributed by atoms with Crippen LogP contribution in [-0.4, -0.2) is 35.8 Å². The fraction of sp³-hybridized carbons (Fsp3) is 0.556. The lowest BCUT2D eigenvalue weighted by atomic mass is 9.99. The molecule has 1 unspecified atom stereocenters. The van der Waals surface area contributed by atoms with Crippen molar-refractivity contribution < 1.29 is 14.0 Å². The number of carbonyl (C=O) groups is 2. The van der Waals surface area contributed by atoms with Crippen LogP contribution in [-0.2, 0) is 22.6 Å². The van der Waals surface area contributed by atoms with E-state index in [2.05, 4.69) is 10.6 Å². The molecule has 1 fully saturated rings. The van der Waals surface area contributed by atoms with E-state index >= 15 is 0 Å². The van der Waals surface area contributed by atoms with Gasteiger partial charge in [0.2, 0.25) is 11.8 Å². The van der Waals surface area contributed by atoms with Crippen LogP contribution in [0.1, 0.15) is 37.8 Å². The Kier molecular flexibility index (Phi) is 6.41. The van der Waals surface area contributed by atoms with Crippen LogP contribution in [0.3, 0.4) is 0 Å². The van der Waals surface area contributed by atoms with E-state index in [1.165, 1.54) is 0 Å². The molecule has 0 radical (unpaired) electrons. The first kappa shape index (κ1) is 19.7. The Hall–Kier alpha value is -1.66. The van der Waals surface area contributed by atoms with Crippen LogP contribution in [0.2, 0.25) is 0 Å². The van der Waals surface area contributed by atoms with Gasteiger partial charge in [-0.25, -0.2) is 4.39 Å². The molecule has 5 nitrogen and oxygen atoms in total. The molecule has 1 saturated heterocycles. The lowest BCUT2D eigenvalue weighted by molar-refractivity contribution is -0.139. The van der Waals surface area contributed by atoms with E-state index < -0.39 is 6.04 Å². The molecule has 2 heterocycles. The summed E-state index contributed by atoms with van der Waals surface area (Å²) in [6.07, 6.45) is 2.04. The number of nitrogens with one attached hydrogen (secondary N) is 2. The van der Waals surface area contributed by atoms with Gasteiger partial charge in [-0.3, -0.25) is 9.59 Å². The zero-order valence-electron chi connectivity index (χ0n) is 14.6.